The molecular formula is C22H28N4S3. The first-order valence-corrected chi connectivity index (χ1v) is 12.4. The van der Waals surface area contributed by atoms with E-state index in [9.17, 15) is 0 Å². The minimum absolute atomic E-state index is 0.845. The van der Waals surface area contributed by atoms with Gasteiger partial charge in [0.1, 0.15) is 0 Å². The molecule has 0 saturated heterocycles. The first-order valence-electron chi connectivity index (χ1n) is 9.60. The van der Waals surface area contributed by atoms with Gasteiger partial charge in [-0.3, -0.25) is 0 Å². The predicted octanol–water partition coefficient (Wildman–Crippen LogP) is 5.18. The Morgan fingerprint density at radius 2 is 1.48 bits per heavy atom. The van der Waals surface area contributed by atoms with Gasteiger partial charge in [0, 0.05) is 35.1 Å². The Kier molecular flexibility index (Phi) is 8.56. The van der Waals surface area contributed by atoms with Crippen LogP contribution in [0.15, 0.2) is 57.9 Å². The summed E-state index contributed by atoms with van der Waals surface area (Å²) >= 11 is 5.32. The van der Waals surface area contributed by atoms with Crippen LogP contribution in [-0.2, 0) is 0 Å². The van der Waals surface area contributed by atoms with Crippen LogP contribution in [0.4, 0.5) is 0 Å². The molecule has 7 heteroatoms. The van der Waals surface area contributed by atoms with Crippen LogP contribution in [-0.4, -0.2) is 72.6 Å². The van der Waals surface area contributed by atoms with Crippen molar-refractivity contribution in [1.82, 2.24) is 19.8 Å². The van der Waals surface area contributed by atoms with Gasteiger partial charge in [0.05, 0.1) is 16.3 Å². The molecule has 0 bridgehead atoms. The van der Waals surface area contributed by atoms with Crippen molar-refractivity contribution >= 4 is 34.9 Å². The lowest BCUT2D eigenvalue weighted by Crippen LogP contribution is -2.15. The van der Waals surface area contributed by atoms with Crippen molar-refractivity contribution in [3.63, 3.8) is 0 Å². The highest BCUT2D eigenvalue weighted by molar-refractivity contribution is 7.99. The smallest absolute Gasteiger partial charge is 0.188 e. The number of benzene rings is 1. The van der Waals surface area contributed by atoms with Gasteiger partial charge in [0.15, 0.2) is 5.16 Å². The minimum atomic E-state index is 0.845. The first kappa shape index (κ1) is 22.3. The highest BCUT2D eigenvalue weighted by Gasteiger charge is 2.10. The molecule has 0 N–H and O–H groups in total. The van der Waals surface area contributed by atoms with Crippen LogP contribution >= 0.6 is 34.9 Å². The lowest BCUT2D eigenvalue weighted by atomic mass is 10.1. The normalized spacial score (nSPS) is 11.5. The molecule has 0 amide bonds. The van der Waals surface area contributed by atoms with Crippen LogP contribution in [0, 0.1) is 0 Å². The molecule has 3 aromatic rings. The van der Waals surface area contributed by atoms with Crippen LogP contribution in [0.2, 0.25) is 0 Å². The van der Waals surface area contributed by atoms with Gasteiger partial charge < -0.3 is 9.80 Å². The fraction of sp³-hybridized carbons (Fsp3) is 0.364. The van der Waals surface area contributed by atoms with Crippen LogP contribution in [0.3, 0.4) is 0 Å². The van der Waals surface area contributed by atoms with E-state index in [0.29, 0.717) is 0 Å². The van der Waals surface area contributed by atoms with Gasteiger partial charge in [-0.15, -0.1) is 23.1 Å². The number of rotatable bonds is 10. The molecule has 0 aliphatic carbocycles. The van der Waals surface area contributed by atoms with Gasteiger partial charge in [-0.05, 0) is 57.8 Å². The standard InChI is InChI=1S/C22H28N4S3/c1-25(2)11-14-27-18-9-7-17(8-10-18)19-16-20(21-6-5-13-28-21)24-22(23-19)29-15-12-26(3)4/h5-10,13,16H,11-12,14-15H2,1-4H3. The zero-order valence-corrected chi connectivity index (χ0v) is 19.9. The van der Waals surface area contributed by atoms with Crippen LogP contribution in [0.25, 0.3) is 21.8 Å². The first-order chi connectivity index (χ1) is 14.0. The summed E-state index contributed by atoms with van der Waals surface area (Å²) < 4.78 is 0. The molecule has 0 radical (unpaired) electrons. The monoisotopic (exact) mass is 444 g/mol. The van der Waals surface area contributed by atoms with E-state index in [4.69, 9.17) is 9.97 Å². The molecule has 3 rings (SSSR count). The molecule has 2 aromatic heterocycles. The summed E-state index contributed by atoms with van der Waals surface area (Å²) in [6.45, 7) is 2.08. The van der Waals surface area contributed by atoms with Gasteiger partial charge in [-0.2, -0.15) is 0 Å². The lowest BCUT2D eigenvalue weighted by Gasteiger charge is -2.11. The van der Waals surface area contributed by atoms with Crippen LogP contribution in [0.5, 0.6) is 0 Å². The molecule has 29 heavy (non-hydrogen) atoms. The number of aromatic nitrogens is 2. The van der Waals surface area contributed by atoms with Gasteiger partial charge in [0.25, 0.3) is 0 Å². The van der Waals surface area contributed by atoms with Gasteiger partial charge in [-0.25, -0.2) is 9.97 Å². The third-order valence-corrected chi connectivity index (χ3v) is 6.92. The summed E-state index contributed by atoms with van der Waals surface area (Å²) in [6.07, 6.45) is 0. The zero-order valence-electron chi connectivity index (χ0n) is 17.5. The number of thioether (sulfide) groups is 2. The summed E-state index contributed by atoms with van der Waals surface area (Å²) in [6, 6.07) is 15.0. The molecule has 1 aromatic carbocycles. The fourth-order valence-corrected chi connectivity index (χ4v) is 5.25. The lowest BCUT2D eigenvalue weighted by molar-refractivity contribution is 0.437. The maximum absolute atomic E-state index is 4.85. The van der Waals surface area contributed by atoms with E-state index in [1.165, 1.54) is 9.77 Å². The maximum atomic E-state index is 4.85. The molecule has 0 fully saturated rings. The Labute approximate surface area is 186 Å². The van der Waals surface area contributed by atoms with E-state index in [1.54, 1.807) is 23.1 Å². The quantitative estimate of drug-likeness (QED) is 0.316. The molecular weight excluding hydrogens is 416 g/mol. The summed E-state index contributed by atoms with van der Waals surface area (Å²) in [7, 11) is 8.40. The molecule has 0 aliphatic heterocycles. The number of hydrogen-bond donors (Lipinski definition) is 0. The van der Waals surface area contributed by atoms with E-state index in [0.717, 1.165) is 46.7 Å². The second kappa shape index (κ2) is 11.1. The molecule has 0 atom stereocenters. The van der Waals surface area contributed by atoms with E-state index in [-0.39, 0.29) is 0 Å². The second-order valence-corrected chi connectivity index (χ2v) is 10.4. The van der Waals surface area contributed by atoms with Crippen molar-refractivity contribution in [3.05, 3.63) is 47.8 Å². The Bertz CT molecular complexity index is 878. The predicted molar refractivity (Wildman–Crippen MR) is 129 cm³/mol. The van der Waals surface area contributed by atoms with Gasteiger partial charge in [0.2, 0.25) is 0 Å². The fourth-order valence-electron chi connectivity index (χ4n) is 2.58. The average Bonchev–Trinajstić information content (AvgIpc) is 3.23. The molecule has 0 spiro atoms. The largest absolute Gasteiger partial charge is 0.309 e. The summed E-state index contributed by atoms with van der Waals surface area (Å²) in [5, 5.41) is 2.94. The maximum Gasteiger partial charge on any atom is 0.188 e. The SMILES string of the molecule is CN(C)CCSc1ccc(-c2cc(-c3cccs3)nc(SCCN(C)C)n2)cc1. The Hall–Kier alpha value is -1.38. The third kappa shape index (κ3) is 7.12. The van der Waals surface area contributed by atoms with Crippen molar-refractivity contribution in [2.45, 2.75) is 10.1 Å². The highest BCUT2D eigenvalue weighted by atomic mass is 32.2. The van der Waals surface area contributed by atoms with Crippen molar-refractivity contribution in [2.75, 3.05) is 52.8 Å². The topological polar surface area (TPSA) is 32.3 Å². The summed E-state index contributed by atoms with van der Waals surface area (Å²) in [5.41, 5.74) is 3.12. The Balaban J connectivity index is 1.80. The molecule has 0 unspecified atom stereocenters. The third-order valence-electron chi connectivity index (χ3n) is 4.21. The molecule has 4 nitrogen and oxygen atoms in total. The zero-order chi connectivity index (χ0) is 20.6. The summed E-state index contributed by atoms with van der Waals surface area (Å²) in [4.78, 5) is 16.5. The number of nitrogens with zero attached hydrogens (tertiary/aromatic N) is 4. The van der Waals surface area contributed by atoms with E-state index >= 15 is 0 Å². The minimum Gasteiger partial charge on any atom is -0.309 e. The molecule has 154 valence electrons. The van der Waals surface area contributed by atoms with Crippen molar-refractivity contribution in [2.24, 2.45) is 0 Å². The van der Waals surface area contributed by atoms with Crippen molar-refractivity contribution < 1.29 is 0 Å². The Morgan fingerprint density at radius 1 is 0.828 bits per heavy atom. The van der Waals surface area contributed by atoms with Crippen molar-refractivity contribution in [3.8, 4) is 21.8 Å². The number of thiophene rings is 1. The van der Waals surface area contributed by atoms with Crippen LogP contribution < -0.4 is 0 Å². The summed E-state index contributed by atoms with van der Waals surface area (Å²) in [5.74, 6) is 2.07. The molecule has 0 aliphatic rings. The van der Waals surface area contributed by atoms with Crippen LogP contribution in [0.1, 0.15) is 0 Å². The second-order valence-electron chi connectivity index (χ2n) is 7.23. The average molecular weight is 445 g/mol. The number of hydrogen-bond acceptors (Lipinski definition) is 7. The molecule has 2 heterocycles. The van der Waals surface area contributed by atoms with Crippen molar-refractivity contribution in [1.29, 1.82) is 0 Å². The van der Waals surface area contributed by atoms with E-state index in [2.05, 4.69) is 85.8 Å². The Morgan fingerprint density at radius 3 is 2.10 bits per heavy atom. The van der Waals surface area contributed by atoms with E-state index in [1.807, 2.05) is 11.8 Å². The highest BCUT2D eigenvalue weighted by Crippen LogP contribution is 2.30. The van der Waals surface area contributed by atoms with Gasteiger partial charge >= 0.3 is 0 Å². The van der Waals surface area contributed by atoms with Gasteiger partial charge in [-0.1, -0.05) is 30.0 Å². The van der Waals surface area contributed by atoms with E-state index < -0.39 is 0 Å². The molecule has 0 saturated carbocycles.